The van der Waals surface area contributed by atoms with Crippen molar-refractivity contribution in [3.8, 4) is 0 Å². The molecule has 24 heavy (non-hydrogen) atoms. The van der Waals surface area contributed by atoms with Crippen LogP contribution in [-0.4, -0.2) is 35.8 Å². The monoisotopic (exact) mass is 329 g/mol. The minimum Gasteiger partial charge on any atom is -0.399 e. The zero-order valence-corrected chi connectivity index (χ0v) is 14.4. The summed E-state index contributed by atoms with van der Waals surface area (Å²) in [5.41, 5.74) is 7.90. The van der Waals surface area contributed by atoms with Gasteiger partial charge in [0.1, 0.15) is 0 Å². The van der Waals surface area contributed by atoms with Crippen molar-refractivity contribution in [3.63, 3.8) is 0 Å². The van der Waals surface area contributed by atoms with Crippen molar-refractivity contribution in [2.24, 2.45) is 5.92 Å². The Labute approximate surface area is 143 Å². The molecule has 1 atom stereocenters. The van der Waals surface area contributed by atoms with Crippen molar-refractivity contribution >= 4 is 17.5 Å². The molecule has 0 radical (unpaired) electrons. The molecular formula is C19H27N3O2. The van der Waals surface area contributed by atoms with E-state index in [1.54, 1.807) is 12.1 Å². The molecule has 0 bridgehead atoms. The quantitative estimate of drug-likeness (QED) is 0.837. The van der Waals surface area contributed by atoms with Gasteiger partial charge in [0.25, 0.3) is 5.91 Å². The lowest BCUT2D eigenvalue weighted by Crippen LogP contribution is -2.40. The van der Waals surface area contributed by atoms with Crippen LogP contribution >= 0.6 is 0 Å². The number of hydrogen-bond acceptors (Lipinski definition) is 3. The van der Waals surface area contributed by atoms with Gasteiger partial charge in [-0.1, -0.05) is 25.3 Å². The summed E-state index contributed by atoms with van der Waals surface area (Å²) >= 11 is 0. The highest BCUT2D eigenvalue weighted by molar-refractivity contribution is 5.96. The summed E-state index contributed by atoms with van der Waals surface area (Å²) in [6.07, 6.45) is 6.45. The van der Waals surface area contributed by atoms with E-state index in [4.69, 9.17) is 5.73 Å². The number of anilines is 1. The summed E-state index contributed by atoms with van der Waals surface area (Å²) < 4.78 is 0. The topological polar surface area (TPSA) is 75.4 Å². The van der Waals surface area contributed by atoms with Crippen LogP contribution in [0.15, 0.2) is 18.2 Å². The number of rotatable bonds is 3. The summed E-state index contributed by atoms with van der Waals surface area (Å²) in [4.78, 5) is 27.0. The van der Waals surface area contributed by atoms with Gasteiger partial charge in [-0.05, 0) is 43.9 Å². The van der Waals surface area contributed by atoms with Crippen molar-refractivity contribution in [3.05, 3.63) is 29.3 Å². The summed E-state index contributed by atoms with van der Waals surface area (Å²) in [7, 11) is 0. The lowest BCUT2D eigenvalue weighted by atomic mass is 9.88. The van der Waals surface area contributed by atoms with E-state index in [0.717, 1.165) is 31.4 Å². The van der Waals surface area contributed by atoms with Gasteiger partial charge in [0.2, 0.25) is 5.91 Å². The first-order chi connectivity index (χ1) is 11.5. The lowest BCUT2D eigenvalue weighted by molar-refractivity contribution is -0.135. The second-order valence-corrected chi connectivity index (χ2v) is 7.15. The Hall–Kier alpha value is -2.04. The van der Waals surface area contributed by atoms with Gasteiger partial charge < -0.3 is 16.0 Å². The number of nitrogen functional groups attached to an aromatic ring is 1. The molecule has 1 aliphatic heterocycles. The molecule has 1 saturated heterocycles. The van der Waals surface area contributed by atoms with E-state index in [9.17, 15) is 9.59 Å². The molecule has 1 unspecified atom stereocenters. The van der Waals surface area contributed by atoms with Crippen molar-refractivity contribution in [2.75, 3.05) is 18.8 Å². The second-order valence-electron chi connectivity index (χ2n) is 7.15. The van der Waals surface area contributed by atoms with E-state index in [2.05, 4.69) is 5.32 Å². The van der Waals surface area contributed by atoms with Crippen LogP contribution in [-0.2, 0) is 4.79 Å². The van der Waals surface area contributed by atoms with Gasteiger partial charge in [-0.2, -0.15) is 0 Å². The van der Waals surface area contributed by atoms with Crippen molar-refractivity contribution < 1.29 is 9.59 Å². The summed E-state index contributed by atoms with van der Waals surface area (Å²) in [6, 6.07) is 5.40. The summed E-state index contributed by atoms with van der Waals surface area (Å²) in [5, 5.41) is 3.06. The molecular weight excluding hydrogens is 302 g/mol. The Morgan fingerprint density at radius 2 is 1.92 bits per heavy atom. The van der Waals surface area contributed by atoms with Crippen LogP contribution < -0.4 is 11.1 Å². The van der Waals surface area contributed by atoms with Gasteiger partial charge >= 0.3 is 0 Å². The smallest absolute Gasteiger partial charge is 0.251 e. The fraction of sp³-hybridized carbons (Fsp3) is 0.579. The van der Waals surface area contributed by atoms with Gasteiger partial charge in [-0.15, -0.1) is 0 Å². The number of hydrogen-bond donors (Lipinski definition) is 2. The predicted molar refractivity (Wildman–Crippen MR) is 94.6 cm³/mol. The Morgan fingerprint density at radius 3 is 2.67 bits per heavy atom. The normalized spacial score (nSPS) is 21.7. The first kappa shape index (κ1) is 16.8. The summed E-state index contributed by atoms with van der Waals surface area (Å²) in [6.45, 7) is 3.28. The highest BCUT2D eigenvalue weighted by atomic mass is 16.2. The summed E-state index contributed by atoms with van der Waals surface area (Å²) in [5.74, 6) is 0.382. The number of benzene rings is 1. The van der Waals surface area contributed by atoms with E-state index in [0.29, 0.717) is 17.8 Å². The average molecular weight is 329 g/mol. The molecule has 5 heteroatoms. The maximum atomic E-state index is 12.6. The maximum Gasteiger partial charge on any atom is 0.251 e. The number of aryl methyl sites for hydroxylation is 1. The third kappa shape index (κ3) is 3.71. The standard InChI is InChI=1S/C19H27N3O2/c1-13-7-8-15(20)11-17(13)18(23)21-16-9-10-22(12-16)19(24)14-5-3-2-4-6-14/h7-8,11,14,16H,2-6,9-10,12,20H2,1H3,(H,21,23). The number of nitrogens with one attached hydrogen (secondary N) is 1. The van der Waals surface area contributed by atoms with E-state index < -0.39 is 0 Å². The van der Waals surface area contributed by atoms with Gasteiger partial charge in [0.15, 0.2) is 0 Å². The molecule has 2 aliphatic rings. The predicted octanol–water partition coefficient (Wildman–Crippen LogP) is 2.49. The molecule has 1 aromatic rings. The van der Waals surface area contributed by atoms with Gasteiger partial charge in [-0.3, -0.25) is 9.59 Å². The minimum atomic E-state index is -0.100. The molecule has 1 heterocycles. The molecule has 1 saturated carbocycles. The SMILES string of the molecule is Cc1ccc(N)cc1C(=O)NC1CCN(C(=O)C2CCCCC2)C1. The van der Waals surface area contributed by atoms with Crippen molar-refractivity contribution in [1.29, 1.82) is 0 Å². The highest BCUT2D eigenvalue weighted by Crippen LogP contribution is 2.27. The Bertz CT molecular complexity index is 623. The zero-order chi connectivity index (χ0) is 17.1. The van der Waals surface area contributed by atoms with E-state index >= 15 is 0 Å². The maximum absolute atomic E-state index is 12.6. The minimum absolute atomic E-state index is 0.0332. The van der Waals surface area contributed by atoms with Crippen LogP contribution in [0.25, 0.3) is 0 Å². The fourth-order valence-electron chi connectivity index (χ4n) is 3.83. The van der Waals surface area contributed by atoms with Crippen LogP contribution in [0.4, 0.5) is 5.69 Å². The number of nitrogens with two attached hydrogens (primary N) is 1. The lowest BCUT2D eigenvalue weighted by Gasteiger charge is -2.26. The van der Waals surface area contributed by atoms with Crippen molar-refractivity contribution in [1.82, 2.24) is 10.2 Å². The number of carbonyl (C=O) groups excluding carboxylic acids is 2. The Kier molecular flexibility index (Phi) is 5.07. The van der Waals surface area contributed by atoms with Crippen LogP contribution in [0, 0.1) is 12.8 Å². The first-order valence-electron chi connectivity index (χ1n) is 9.00. The molecule has 1 aliphatic carbocycles. The van der Waals surface area contributed by atoms with Crippen molar-refractivity contribution in [2.45, 2.75) is 51.5 Å². The average Bonchev–Trinajstić information content (AvgIpc) is 3.05. The largest absolute Gasteiger partial charge is 0.399 e. The number of nitrogens with zero attached hydrogens (tertiary/aromatic N) is 1. The molecule has 5 nitrogen and oxygen atoms in total. The van der Waals surface area contributed by atoms with E-state index in [1.807, 2.05) is 17.9 Å². The molecule has 0 aromatic heterocycles. The first-order valence-corrected chi connectivity index (χ1v) is 9.00. The Morgan fingerprint density at radius 1 is 1.17 bits per heavy atom. The Balaban J connectivity index is 1.56. The molecule has 2 amide bonds. The third-order valence-electron chi connectivity index (χ3n) is 5.30. The van der Waals surface area contributed by atoms with Gasteiger partial charge in [-0.25, -0.2) is 0 Å². The number of likely N-dealkylation sites (tertiary alicyclic amines) is 1. The van der Waals surface area contributed by atoms with Crippen LogP contribution in [0.1, 0.15) is 54.4 Å². The van der Waals surface area contributed by atoms with E-state index in [-0.39, 0.29) is 23.8 Å². The molecule has 3 rings (SSSR count). The van der Waals surface area contributed by atoms with Crippen LogP contribution in [0.2, 0.25) is 0 Å². The van der Waals surface area contributed by atoms with Crippen LogP contribution in [0.3, 0.4) is 0 Å². The third-order valence-corrected chi connectivity index (χ3v) is 5.30. The van der Waals surface area contributed by atoms with Crippen LogP contribution in [0.5, 0.6) is 0 Å². The second kappa shape index (κ2) is 7.24. The molecule has 0 spiro atoms. The molecule has 1 aromatic carbocycles. The number of carbonyl (C=O) groups is 2. The van der Waals surface area contributed by atoms with Gasteiger partial charge in [0.05, 0.1) is 0 Å². The number of amides is 2. The fourth-order valence-corrected chi connectivity index (χ4v) is 3.83. The van der Waals surface area contributed by atoms with Gasteiger partial charge in [0, 0.05) is 36.3 Å². The zero-order valence-electron chi connectivity index (χ0n) is 14.4. The molecule has 130 valence electrons. The highest BCUT2D eigenvalue weighted by Gasteiger charge is 2.32. The molecule has 2 fully saturated rings. The molecule has 3 N–H and O–H groups in total. The van der Waals surface area contributed by atoms with E-state index in [1.165, 1.54) is 19.3 Å².